The highest BCUT2D eigenvalue weighted by atomic mass is 15.2. The first-order chi connectivity index (χ1) is 42.2. The fourth-order valence-electron chi connectivity index (χ4n) is 13.6. The van der Waals surface area contributed by atoms with Gasteiger partial charge in [-0.1, -0.05) is 140 Å². The highest BCUT2D eigenvalue weighted by molar-refractivity contribution is 6.13. The number of hydrogen-bond acceptors (Lipinski definition) is 7. The van der Waals surface area contributed by atoms with Crippen LogP contribution in [0.15, 0.2) is 255 Å². The molecule has 0 bridgehead atoms. The van der Waals surface area contributed by atoms with E-state index >= 15 is 0 Å². The molecule has 0 amide bonds. The van der Waals surface area contributed by atoms with Crippen molar-refractivity contribution in [1.82, 2.24) is 57.7 Å². The van der Waals surface area contributed by atoms with E-state index in [1.54, 1.807) is 0 Å². The van der Waals surface area contributed by atoms with E-state index in [2.05, 4.69) is 211 Å². The average molecular weight is 1090 g/mol. The number of rotatable bonds is 9. The monoisotopic (exact) mass is 1090 g/mol. The summed E-state index contributed by atoms with van der Waals surface area (Å²) < 4.78 is 11.7. The summed E-state index contributed by atoms with van der Waals surface area (Å²) in [5.74, 6) is 1.47. The van der Waals surface area contributed by atoms with Crippen molar-refractivity contribution in [3.05, 3.63) is 261 Å². The quantitative estimate of drug-likeness (QED) is 0.141. The van der Waals surface area contributed by atoms with Crippen LogP contribution in [0, 0.1) is 0 Å². The van der Waals surface area contributed by atoms with Crippen LogP contribution >= 0.6 is 0 Å². The maximum atomic E-state index is 5.83. The van der Waals surface area contributed by atoms with Gasteiger partial charge in [-0.2, -0.15) is 9.97 Å². The van der Waals surface area contributed by atoms with Crippen LogP contribution in [0.5, 0.6) is 0 Å². The van der Waals surface area contributed by atoms with Crippen molar-refractivity contribution in [2.45, 2.75) is 13.0 Å². The van der Waals surface area contributed by atoms with Crippen LogP contribution < -0.4 is 0 Å². The molecule has 12 heteroatoms. The Hall–Kier alpha value is -11.6. The van der Waals surface area contributed by atoms with Crippen molar-refractivity contribution in [3.63, 3.8) is 0 Å². The molecule has 18 rings (SSSR count). The molecule has 398 valence electrons. The molecule has 0 aliphatic rings. The van der Waals surface area contributed by atoms with Crippen molar-refractivity contribution >= 4 is 110 Å². The van der Waals surface area contributed by atoms with Gasteiger partial charge in [-0.05, 0) is 97.4 Å². The summed E-state index contributed by atoms with van der Waals surface area (Å²) >= 11 is 0. The second-order valence-corrected chi connectivity index (χ2v) is 21.6. The van der Waals surface area contributed by atoms with Gasteiger partial charge < -0.3 is 4.57 Å². The standard InChI is InChI=1S/C73H46N12/c1-2-20-45(21-3-1)67-78-68(80-73(79-67)83-60-34-12-5-22-46(60)47-23-6-13-35-61(47)83)57-44-64(82-59-33-11-7-25-49(59)53-29-17-40-75-70(53)82)56(38-43-81-58-32-10-4-24-48(58)52-28-16-39-74-69(52)81)65(84-62-36-14-8-26-50(62)54-30-18-41-76-71(54)84)66(57)85-63-37-15-9-27-51(63)55-31-19-42-77-72(55)85/h1-37,39-42,44H,38,43H2. The van der Waals surface area contributed by atoms with Gasteiger partial charge in [0.2, 0.25) is 5.95 Å². The Kier molecular flexibility index (Phi) is 10.2. The molecule has 18 aromatic rings. The van der Waals surface area contributed by atoms with Gasteiger partial charge in [0.05, 0.1) is 50.2 Å². The average Bonchev–Trinajstić information content (AvgIpc) is 2.50. The molecular weight excluding hydrogens is 1040 g/mol. The second kappa shape index (κ2) is 18.4. The summed E-state index contributed by atoms with van der Waals surface area (Å²) in [5.41, 5.74) is 14.6. The Labute approximate surface area is 484 Å². The molecule has 0 saturated heterocycles. The van der Waals surface area contributed by atoms with Gasteiger partial charge in [-0.15, -0.1) is 0 Å². The highest BCUT2D eigenvalue weighted by Crippen LogP contribution is 2.47. The van der Waals surface area contributed by atoms with Gasteiger partial charge >= 0.3 is 0 Å². The third kappa shape index (κ3) is 6.93. The second-order valence-electron chi connectivity index (χ2n) is 21.6. The summed E-state index contributed by atoms with van der Waals surface area (Å²) in [5, 5.41) is 10.7. The summed E-state index contributed by atoms with van der Waals surface area (Å²) in [6.45, 7) is 0.558. The van der Waals surface area contributed by atoms with E-state index in [0.29, 0.717) is 30.6 Å². The number of hydrogen-bond donors (Lipinski definition) is 0. The van der Waals surface area contributed by atoms with Crippen molar-refractivity contribution < 1.29 is 0 Å². The Bertz CT molecular complexity index is 5500. The van der Waals surface area contributed by atoms with Crippen molar-refractivity contribution in [1.29, 1.82) is 0 Å². The van der Waals surface area contributed by atoms with Crippen LogP contribution in [0.25, 0.3) is 155 Å². The molecule has 0 fully saturated rings. The van der Waals surface area contributed by atoms with Crippen LogP contribution in [0.2, 0.25) is 0 Å². The predicted octanol–water partition coefficient (Wildman–Crippen LogP) is 16.5. The molecule has 0 saturated carbocycles. The first kappa shape index (κ1) is 47.1. The minimum absolute atomic E-state index is 0.464. The van der Waals surface area contributed by atoms with Crippen LogP contribution in [0.4, 0.5) is 0 Å². The number of para-hydroxylation sites is 6. The van der Waals surface area contributed by atoms with E-state index < -0.39 is 0 Å². The molecule has 12 nitrogen and oxygen atoms in total. The van der Waals surface area contributed by atoms with Gasteiger partial charge in [0.1, 0.15) is 22.6 Å². The molecule has 0 aliphatic heterocycles. The lowest BCUT2D eigenvalue weighted by Crippen LogP contribution is -2.16. The van der Waals surface area contributed by atoms with Gasteiger partial charge in [0.25, 0.3) is 0 Å². The molecule has 0 atom stereocenters. The predicted molar refractivity (Wildman–Crippen MR) is 342 cm³/mol. The highest BCUT2D eigenvalue weighted by Gasteiger charge is 2.32. The first-order valence-corrected chi connectivity index (χ1v) is 28.6. The fourth-order valence-corrected chi connectivity index (χ4v) is 13.6. The smallest absolute Gasteiger partial charge is 0.238 e. The molecular formula is C73H46N12. The minimum Gasteiger partial charge on any atom is -0.325 e. The van der Waals surface area contributed by atoms with Crippen LogP contribution in [-0.4, -0.2) is 57.7 Å². The van der Waals surface area contributed by atoms with E-state index in [9.17, 15) is 0 Å². The Morgan fingerprint density at radius 3 is 1.20 bits per heavy atom. The van der Waals surface area contributed by atoms with Crippen LogP contribution in [0.3, 0.4) is 0 Å². The Balaban J connectivity index is 1.08. The molecule has 10 aromatic heterocycles. The van der Waals surface area contributed by atoms with Gasteiger partial charge in [-0.3, -0.25) is 18.3 Å². The van der Waals surface area contributed by atoms with Crippen molar-refractivity contribution in [2.75, 3.05) is 0 Å². The van der Waals surface area contributed by atoms with E-state index in [1.807, 2.05) is 67.3 Å². The minimum atomic E-state index is 0.464. The lowest BCUT2D eigenvalue weighted by Gasteiger charge is -2.26. The summed E-state index contributed by atoms with van der Waals surface area (Å²) in [7, 11) is 0. The van der Waals surface area contributed by atoms with Crippen molar-refractivity contribution in [2.24, 2.45) is 0 Å². The molecule has 10 heterocycles. The summed E-state index contributed by atoms with van der Waals surface area (Å²) in [6, 6.07) is 81.0. The summed E-state index contributed by atoms with van der Waals surface area (Å²) in [4.78, 5) is 38.2. The maximum absolute atomic E-state index is 5.83. The van der Waals surface area contributed by atoms with Crippen molar-refractivity contribution in [3.8, 4) is 45.8 Å². The zero-order valence-corrected chi connectivity index (χ0v) is 45.5. The molecule has 0 spiro atoms. The topological polar surface area (TPSA) is 115 Å². The lowest BCUT2D eigenvalue weighted by molar-refractivity contribution is 0.731. The molecule has 0 radical (unpaired) electrons. The SMILES string of the molecule is c1ccc(-c2nc(-c3cc(-n4c5ccccc5c5cccnc54)c(CCn4c5ccccc5c5cccnc54)c(-n4c5ccccc5c5cccnc54)c3-n3c4ccccc4c4cccnc43)nc(-n3c4ccccc4c4ccccc43)n2)cc1. The number of pyridine rings is 4. The van der Waals surface area contributed by atoms with Crippen LogP contribution in [0.1, 0.15) is 5.56 Å². The van der Waals surface area contributed by atoms with E-state index in [-0.39, 0.29) is 0 Å². The molecule has 8 aromatic carbocycles. The molecule has 0 N–H and O–H groups in total. The van der Waals surface area contributed by atoms with Crippen LogP contribution in [-0.2, 0) is 13.0 Å². The number of nitrogens with zero attached hydrogens (tertiary/aromatic N) is 12. The fraction of sp³-hybridized carbons (Fsp3) is 0.0274. The number of benzene rings is 8. The molecule has 0 unspecified atom stereocenters. The lowest BCUT2D eigenvalue weighted by atomic mass is 9.98. The largest absolute Gasteiger partial charge is 0.325 e. The zero-order chi connectivity index (χ0) is 55.7. The molecule has 85 heavy (non-hydrogen) atoms. The summed E-state index contributed by atoms with van der Waals surface area (Å²) in [6.07, 6.45) is 8.11. The van der Waals surface area contributed by atoms with Gasteiger partial charge in [-0.25, -0.2) is 24.9 Å². The number of fused-ring (bicyclic) bond motifs is 15. The number of aromatic nitrogens is 12. The normalized spacial score (nSPS) is 12.1. The third-order valence-electron chi connectivity index (χ3n) is 17.1. The van der Waals surface area contributed by atoms with Gasteiger partial charge in [0, 0.05) is 102 Å². The van der Waals surface area contributed by atoms with Gasteiger partial charge in [0.15, 0.2) is 11.6 Å². The maximum Gasteiger partial charge on any atom is 0.238 e. The number of aryl methyl sites for hydroxylation is 1. The Morgan fingerprint density at radius 1 is 0.294 bits per heavy atom. The third-order valence-corrected chi connectivity index (χ3v) is 17.1. The van der Waals surface area contributed by atoms with E-state index in [0.717, 1.165) is 143 Å². The van der Waals surface area contributed by atoms with E-state index in [1.165, 1.54) is 0 Å². The first-order valence-electron chi connectivity index (χ1n) is 28.6. The Morgan fingerprint density at radius 2 is 0.671 bits per heavy atom. The van der Waals surface area contributed by atoms with E-state index in [4.69, 9.17) is 34.9 Å². The zero-order valence-electron chi connectivity index (χ0n) is 45.5. The molecule has 0 aliphatic carbocycles.